The lowest BCUT2D eigenvalue weighted by Crippen LogP contribution is -2.50. The number of aromatic nitrogens is 2. The quantitative estimate of drug-likeness (QED) is 0.642. The fourth-order valence-corrected chi connectivity index (χ4v) is 4.02. The Kier molecular flexibility index (Phi) is 4.93. The maximum atomic E-state index is 12.2. The van der Waals surface area contributed by atoms with Crippen molar-refractivity contribution >= 4 is 33.5 Å². The van der Waals surface area contributed by atoms with Gasteiger partial charge in [0, 0.05) is 36.9 Å². The number of fused-ring (bicyclic) bond motifs is 1. The number of rotatable bonds is 2. The number of hydrogen-bond donors (Lipinski definition) is 0. The normalized spacial score (nSPS) is 15.1. The van der Waals surface area contributed by atoms with Crippen LogP contribution in [0.15, 0.2) is 41.8 Å². The minimum absolute atomic E-state index is 0.243. The second kappa shape index (κ2) is 7.39. The summed E-state index contributed by atoms with van der Waals surface area (Å²) < 4.78 is 5.46. The van der Waals surface area contributed by atoms with Gasteiger partial charge in [0.2, 0.25) is 0 Å². The maximum absolute atomic E-state index is 12.2. The first-order valence-electron chi connectivity index (χ1n) is 9.44. The van der Waals surface area contributed by atoms with E-state index in [0.717, 1.165) is 40.5 Å². The summed E-state index contributed by atoms with van der Waals surface area (Å²) in [5.41, 5.74) is 2.28. The summed E-state index contributed by atoms with van der Waals surface area (Å²) in [5, 5.41) is 4.14. The van der Waals surface area contributed by atoms with Crippen molar-refractivity contribution in [3.8, 4) is 11.4 Å². The Balaban J connectivity index is 1.43. The molecule has 4 rings (SSSR count). The van der Waals surface area contributed by atoms with Gasteiger partial charge in [-0.1, -0.05) is 24.3 Å². The lowest BCUT2D eigenvalue weighted by atomic mass is 10.2. The van der Waals surface area contributed by atoms with Gasteiger partial charge >= 0.3 is 6.09 Å². The molecule has 6 nitrogen and oxygen atoms in total. The first kappa shape index (κ1) is 18.7. The van der Waals surface area contributed by atoms with Gasteiger partial charge < -0.3 is 14.5 Å². The number of pyridine rings is 1. The zero-order chi connectivity index (χ0) is 19.7. The highest BCUT2D eigenvalue weighted by atomic mass is 32.1. The van der Waals surface area contributed by atoms with Crippen LogP contribution in [0.25, 0.3) is 22.3 Å². The standard InChI is InChI=1S/C21H24N4O2S/c1-21(2,3)27-20(26)25-12-10-24(11-13-25)19-23-18(14-28-19)17-9-8-15-6-4-5-7-16(15)22-17/h4-9,14H,10-13H2,1-3H3. The number of benzene rings is 1. The van der Waals surface area contributed by atoms with E-state index in [1.807, 2.05) is 50.4 Å². The molecule has 0 N–H and O–H groups in total. The third kappa shape index (κ3) is 4.09. The van der Waals surface area contributed by atoms with Crippen LogP contribution in [0.2, 0.25) is 0 Å². The molecule has 0 bridgehead atoms. The molecular formula is C21H24N4O2S. The summed E-state index contributed by atoms with van der Waals surface area (Å²) in [6.07, 6.45) is -0.243. The van der Waals surface area contributed by atoms with Crippen LogP contribution in [0.3, 0.4) is 0 Å². The molecule has 1 amide bonds. The van der Waals surface area contributed by atoms with Crippen molar-refractivity contribution in [2.45, 2.75) is 26.4 Å². The van der Waals surface area contributed by atoms with Gasteiger partial charge in [0.1, 0.15) is 11.3 Å². The Morgan fingerprint density at radius 2 is 1.75 bits per heavy atom. The fraction of sp³-hybridized carbons (Fsp3) is 0.381. The monoisotopic (exact) mass is 396 g/mol. The number of carbonyl (C=O) groups excluding carboxylic acids is 1. The molecule has 3 aromatic rings. The third-order valence-electron chi connectivity index (χ3n) is 4.55. The van der Waals surface area contributed by atoms with Crippen molar-refractivity contribution in [3.63, 3.8) is 0 Å². The van der Waals surface area contributed by atoms with Crippen LogP contribution in [0.4, 0.5) is 9.93 Å². The topological polar surface area (TPSA) is 58.6 Å². The summed E-state index contributed by atoms with van der Waals surface area (Å²) >= 11 is 1.62. The van der Waals surface area contributed by atoms with E-state index in [2.05, 4.69) is 17.0 Å². The molecule has 3 heterocycles. The molecule has 0 saturated carbocycles. The average molecular weight is 397 g/mol. The van der Waals surface area contributed by atoms with Crippen LogP contribution >= 0.6 is 11.3 Å². The van der Waals surface area contributed by atoms with Crippen LogP contribution in [-0.2, 0) is 4.74 Å². The number of anilines is 1. The van der Waals surface area contributed by atoms with Gasteiger partial charge in [-0.3, -0.25) is 0 Å². The number of amides is 1. The Morgan fingerprint density at radius 1 is 1.00 bits per heavy atom. The molecular weight excluding hydrogens is 372 g/mol. The molecule has 1 aliphatic rings. The van der Waals surface area contributed by atoms with Crippen LogP contribution in [0.5, 0.6) is 0 Å². The first-order valence-corrected chi connectivity index (χ1v) is 10.3. The summed E-state index contributed by atoms with van der Waals surface area (Å²) in [4.78, 5) is 25.7. The van der Waals surface area contributed by atoms with Gasteiger partial charge in [-0.25, -0.2) is 14.8 Å². The molecule has 0 atom stereocenters. The van der Waals surface area contributed by atoms with E-state index in [1.54, 1.807) is 16.2 Å². The van der Waals surface area contributed by atoms with Crippen LogP contribution in [0, 0.1) is 0 Å². The lowest BCUT2D eigenvalue weighted by molar-refractivity contribution is 0.0240. The Hall–Kier alpha value is -2.67. The van der Waals surface area contributed by atoms with Gasteiger partial charge in [0.15, 0.2) is 5.13 Å². The number of thiazole rings is 1. The number of ether oxygens (including phenoxy) is 1. The Bertz CT molecular complexity index is 987. The third-order valence-corrected chi connectivity index (χ3v) is 5.46. The van der Waals surface area contributed by atoms with E-state index in [1.165, 1.54) is 0 Å². The van der Waals surface area contributed by atoms with E-state index in [0.29, 0.717) is 13.1 Å². The van der Waals surface area contributed by atoms with E-state index in [4.69, 9.17) is 14.7 Å². The van der Waals surface area contributed by atoms with Crippen LogP contribution < -0.4 is 4.90 Å². The van der Waals surface area contributed by atoms with E-state index < -0.39 is 5.60 Å². The van der Waals surface area contributed by atoms with Gasteiger partial charge in [-0.15, -0.1) is 11.3 Å². The lowest BCUT2D eigenvalue weighted by Gasteiger charge is -2.35. The second-order valence-corrected chi connectivity index (χ2v) is 8.70. The second-order valence-electron chi connectivity index (χ2n) is 7.86. The van der Waals surface area contributed by atoms with Crippen molar-refractivity contribution in [1.29, 1.82) is 0 Å². The molecule has 0 spiro atoms. The molecule has 1 saturated heterocycles. The molecule has 1 aliphatic heterocycles. The van der Waals surface area contributed by atoms with Crippen molar-refractivity contribution in [2.24, 2.45) is 0 Å². The summed E-state index contributed by atoms with van der Waals surface area (Å²) in [6, 6.07) is 12.2. The summed E-state index contributed by atoms with van der Waals surface area (Å²) in [5.74, 6) is 0. The number of hydrogen-bond acceptors (Lipinski definition) is 6. The van der Waals surface area contributed by atoms with E-state index in [-0.39, 0.29) is 6.09 Å². The highest BCUT2D eigenvalue weighted by molar-refractivity contribution is 7.14. The van der Waals surface area contributed by atoms with Gasteiger partial charge in [0.25, 0.3) is 0 Å². The highest BCUT2D eigenvalue weighted by Gasteiger charge is 2.26. The SMILES string of the molecule is CC(C)(C)OC(=O)N1CCN(c2nc(-c3ccc4ccccc4n3)cs2)CC1. The minimum atomic E-state index is -0.467. The molecule has 146 valence electrons. The van der Waals surface area contributed by atoms with Crippen molar-refractivity contribution in [1.82, 2.24) is 14.9 Å². The molecule has 2 aromatic heterocycles. The van der Waals surface area contributed by atoms with E-state index >= 15 is 0 Å². The number of nitrogens with zero attached hydrogens (tertiary/aromatic N) is 4. The predicted octanol–water partition coefficient (Wildman–Crippen LogP) is 4.42. The summed E-state index contributed by atoms with van der Waals surface area (Å²) in [7, 11) is 0. The summed E-state index contributed by atoms with van der Waals surface area (Å²) in [6.45, 7) is 8.43. The fourth-order valence-electron chi connectivity index (χ4n) is 3.14. The predicted molar refractivity (Wildman–Crippen MR) is 113 cm³/mol. The highest BCUT2D eigenvalue weighted by Crippen LogP contribution is 2.28. The van der Waals surface area contributed by atoms with E-state index in [9.17, 15) is 4.79 Å². The largest absolute Gasteiger partial charge is 0.444 e. The first-order chi connectivity index (χ1) is 13.4. The van der Waals surface area contributed by atoms with Crippen molar-refractivity contribution < 1.29 is 9.53 Å². The zero-order valence-corrected chi connectivity index (χ0v) is 17.2. The molecule has 1 fully saturated rings. The average Bonchev–Trinajstić information content (AvgIpc) is 3.16. The Morgan fingerprint density at radius 3 is 2.50 bits per heavy atom. The van der Waals surface area contributed by atoms with Crippen LogP contribution in [-0.4, -0.2) is 52.7 Å². The Labute approximate surface area is 168 Å². The molecule has 1 aromatic carbocycles. The number of carbonyl (C=O) groups is 1. The minimum Gasteiger partial charge on any atom is -0.444 e. The maximum Gasteiger partial charge on any atom is 0.410 e. The number of para-hydroxylation sites is 1. The smallest absolute Gasteiger partial charge is 0.410 e. The molecule has 7 heteroatoms. The molecule has 28 heavy (non-hydrogen) atoms. The molecule has 0 aliphatic carbocycles. The molecule has 0 radical (unpaired) electrons. The van der Waals surface area contributed by atoms with Gasteiger partial charge in [0.05, 0.1) is 11.2 Å². The molecule has 0 unspecified atom stereocenters. The zero-order valence-electron chi connectivity index (χ0n) is 16.4. The van der Waals surface area contributed by atoms with Gasteiger partial charge in [-0.05, 0) is 32.9 Å². The van der Waals surface area contributed by atoms with Gasteiger partial charge in [-0.2, -0.15) is 0 Å². The number of piperazine rings is 1. The van der Waals surface area contributed by atoms with Crippen molar-refractivity contribution in [2.75, 3.05) is 31.1 Å². The van der Waals surface area contributed by atoms with Crippen molar-refractivity contribution in [3.05, 3.63) is 41.8 Å². The van der Waals surface area contributed by atoms with Crippen LogP contribution in [0.1, 0.15) is 20.8 Å².